The Balaban J connectivity index is 2.62. The van der Waals surface area contributed by atoms with Crippen molar-refractivity contribution in [3.05, 3.63) is 30.3 Å². The number of rotatable bonds is 7. The Kier molecular flexibility index (Phi) is 10.6. The number of carbonyl (C=O) groups excluding carboxylic acids is 2. The van der Waals surface area contributed by atoms with E-state index in [1.807, 2.05) is 18.2 Å². The van der Waals surface area contributed by atoms with Gasteiger partial charge in [-0.15, -0.1) is 9.98 Å². The lowest BCUT2D eigenvalue weighted by atomic mass is 9.79. The fourth-order valence-electron chi connectivity index (χ4n) is 2.08. The van der Waals surface area contributed by atoms with Gasteiger partial charge in [0.1, 0.15) is 24.7 Å². The van der Waals surface area contributed by atoms with Crippen LogP contribution >= 0.6 is 0 Å². The molecule has 0 bridgehead atoms. The second kappa shape index (κ2) is 12.7. The van der Waals surface area contributed by atoms with Crippen LogP contribution < -0.4 is 27.6 Å². The van der Waals surface area contributed by atoms with Crippen molar-refractivity contribution >= 4 is 36.7 Å². The Labute approximate surface area is 194 Å². The number of hydrogen-bond acceptors (Lipinski definition) is 6. The van der Waals surface area contributed by atoms with E-state index in [0.717, 1.165) is 0 Å². The largest absolute Gasteiger partial charge is 0.496 e. The number of amides is 2. The van der Waals surface area contributed by atoms with E-state index in [1.54, 1.807) is 53.7 Å². The van der Waals surface area contributed by atoms with E-state index in [2.05, 4.69) is 20.6 Å². The SMILES string of the molecule is CC(C)(C)OC(=O)N=C(N)NCOB(OCNC(N)=NC(=O)OC(C)(C)C)c1ccccc1. The average molecular weight is 464 g/mol. The first-order valence-electron chi connectivity index (χ1n) is 10.2. The maximum absolute atomic E-state index is 11.7. The van der Waals surface area contributed by atoms with Crippen LogP contribution in [0.4, 0.5) is 9.59 Å². The van der Waals surface area contributed by atoms with E-state index < -0.39 is 30.5 Å². The topological polar surface area (TPSA) is 172 Å². The fourth-order valence-corrected chi connectivity index (χ4v) is 2.08. The van der Waals surface area contributed by atoms with Crippen molar-refractivity contribution in [3.63, 3.8) is 0 Å². The summed E-state index contributed by atoms with van der Waals surface area (Å²) in [7, 11) is -0.838. The van der Waals surface area contributed by atoms with Crippen molar-refractivity contribution in [1.29, 1.82) is 0 Å². The van der Waals surface area contributed by atoms with Gasteiger partial charge in [0, 0.05) is 0 Å². The smallest absolute Gasteiger partial charge is 0.442 e. The molecule has 1 aromatic carbocycles. The summed E-state index contributed by atoms with van der Waals surface area (Å²) in [6, 6.07) is 9.05. The predicted octanol–water partition coefficient (Wildman–Crippen LogP) is 1.01. The second-order valence-corrected chi connectivity index (χ2v) is 8.67. The zero-order chi connectivity index (χ0) is 25.1. The second-order valence-electron chi connectivity index (χ2n) is 8.67. The van der Waals surface area contributed by atoms with Crippen LogP contribution in [0.5, 0.6) is 0 Å². The van der Waals surface area contributed by atoms with Crippen molar-refractivity contribution in [2.75, 3.05) is 13.5 Å². The van der Waals surface area contributed by atoms with Gasteiger partial charge in [0.2, 0.25) is 11.9 Å². The molecular weight excluding hydrogens is 431 g/mol. The molecule has 0 saturated carbocycles. The molecule has 0 spiro atoms. The lowest BCUT2D eigenvalue weighted by Gasteiger charge is -2.18. The zero-order valence-corrected chi connectivity index (χ0v) is 19.9. The number of aliphatic imine (C=N–C) groups is 2. The predicted molar refractivity (Wildman–Crippen MR) is 126 cm³/mol. The molecule has 0 saturated heterocycles. The summed E-state index contributed by atoms with van der Waals surface area (Å²) in [5, 5.41) is 5.28. The third-order valence-electron chi connectivity index (χ3n) is 3.26. The molecule has 12 nitrogen and oxygen atoms in total. The summed E-state index contributed by atoms with van der Waals surface area (Å²) in [5.41, 5.74) is 10.7. The van der Waals surface area contributed by atoms with Crippen molar-refractivity contribution in [3.8, 4) is 0 Å². The molecule has 0 aromatic heterocycles. The minimum atomic E-state index is -0.838. The highest BCUT2D eigenvalue weighted by molar-refractivity contribution is 6.61. The molecule has 13 heteroatoms. The van der Waals surface area contributed by atoms with E-state index in [4.69, 9.17) is 30.2 Å². The molecule has 0 fully saturated rings. The van der Waals surface area contributed by atoms with Gasteiger partial charge in [0.15, 0.2) is 0 Å². The lowest BCUT2D eigenvalue weighted by molar-refractivity contribution is 0.0591. The van der Waals surface area contributed by atoms with Crippen LogP contribution in [0.25, 0.3) is 0 Å². The summed E-state index contributed by atoms with van der Waals surface area (Å²) in [6.45, 7) is 10.0. The van der Waals surface area contributed by atoms with Crippen LogP contribution in [0.2, 0.25) is 0 Å². The molecule has 0 aliphatic carbocycles. The third kappa shape index (κ3) is 13.6. The number of ether oxygens (including phenoxy) is 2. The summed E-state index contributed by atoms with van der Waals surface area (Å²) >= 11 is 0. The van der Waals surface area contributed by atoms with E-state index in [0.29, 0.717) is 5.46 Å². The monoisotopic (exact) mass is 464 g/mol. The summed E-state index contributed by atoms with van der Waals surface area (Å²) in [5.74, 6) is -0.356. The minimum Gasteiger partial charge on any atom is -0.442 e. The van der Waals surface area contributed by atoms with Gasteiger partial charge in [-0.3, -0.25) is 0 Å². The molecule has 0 unspecified atom stereocenters. The van der Waals surface area contributed by atoms with Gasteiger partial charge >= 0.3 is 19.3 Å². The maximum atomic E-state index is 11.7. The molecule has 0 aliphatic heterocycles. The van der Waals surface area contributed by atoms with Gasteiger partial charge in [0.05, 0.1) is 0 Å². The van der Waals surface area contributed by atoms with E-state index in [1.165, 1.54) is 0 Å². The fraction of sp³-hybridized carbons (Fsp3) is 0.500. The van der Waals surface area contributed by atoms with Gasteiger partial charge in [-0.05, 0) is 47.0 Å². The summed E-state index contributed by atoms with van der Waals surface area (Å²) < 4.78 is 21.4. The molecule has 0 atom stereocenters. The molecule has 182 valence electrons. The quantitative estimate of drug-likeness (QED) is 0.197. The Morgan fingerprint density at radius 1 is 0.818 bits per heavy atom. The van der Waals surface area contributed by atoms with E-state index in [9.17, 15) is 9.59 Å². The number of carbonyl (C=O) groups is 2. The van der Waals surface area contributed by atoms with Crippen LogP contribution in [0.15, 0.2) is 40.3 Å². The van der Waals surface area contributed by atoms with Crippen molar-refractivity contribution in [1.82, 2.24) is 10.6 Å². The van der Waals surface area contributed by atoms with Crippen molar-refractivity contribution in [2.45, 2.75) is 52.7 Å². The van der Waals surface area contributed by atoms with Crippen molar-refractivity contribution < 1.29 is 28.4 Å². The molecule has 1 aromatic rings. The minimum absolute atomic E-state index is 0.126. The first-order chi connectivity index (χ1) is 15.2. The molecule has 6 N–H and O–H groups in total. The number of nitrogens with zero attached hydrogens (tertiary/aromatic N) is 2. The van der Waals surface area contributed by atoms with Gasteiger partial charge in [-0.25, -0.2) is 9.59 Å². The number of nitrogens with one attached hydrogen (secondary N) is 2. The maximum Gasteiger partial charge on any atom is 0.496 e. The first-order valence-corrected chi connectivity index (χ1v) is 10.2. The highest BCUT2D eigenvalue weighted by atomic mass is 16.6. The number of hydrogen-bond donors (Lipinski definition) is 4. The van der Waals surface area contributed by atoms with Crippen LogP contribution in [0, 0.1) is 0 Å². The molecule has 1 rings (SSSR count). The number of nitrogens with two attached hydrogens (primary N) is 2. The molecule has 33 heavy (non-hydrogen) atoms. The molecule has 0 heterocycles. The Morgan fingerprint density at radius 3 is 1.58 bits per heavy atom. The Bertz CT molecular complexity index is 786. The standard InChI is InChI=1S/C20H33BN6O6/c1-19(2,3)32-17(28)26-15(22)24-12-30-21(14-10-8-7-9-11-14)31-13-25-16(23)27-18(29)33-20(4,5)6/h7-11H,12-13H2,1-6H3,(H3,22,24,26,28)(H3,23,25,27,29). The van der Waals surface area contributed by atoms with Gasteiger partial charge in [-0.2, -0.15) is 0 Å². The first kappa shape index (κ1) is 27.7. The van der Waals surface area contributed by atoms with E-state index >= 15 is 0 Å². The average Bonchev–Trinajstić information content (AvgIpc) is 2.64. The third-order valence-corrected chi connectivity index (χ3v) is 3.26. The Morgan fingerprint density at radius 2 is 1.21 bits per heavy atom. The van der Waals surface area contributed by atoms with Crippen LogP contribution in [0.3, 0.4) is 0 Å². The van der Waals surface area contributed by atoms with E-state index in [-0.39, 0.29) is 25.4 Å². The lowest BCUT2D eigenvalue weighted by Crippen LogP contribution is -2.45. The normalized spacial score (nSPS) is 12.7. The van der Waals surface area contributed by atoms with Crippen LogP contribution in [0.1, 0.15) is 41.5 Å². The van der Waals surface area contributed by atoms with Crippen LogP contribution in [-0.2, 0) is 18.8 Å². The van der Waals surface area contributed by atoms with Crippen molar-refractivity contribution in [2.24, 2.45) is 21.5 Å². The number of guanidine groups is 2. The van der Waals surface area contributed by atoms with Gasteiger partial charge < -0.3 is 40.9 Å². The number of benzene rings is 1. The molecule has 2 amide bonds. The Hall–Kier alpha value is -3.32. The van der Waals surface area contributed by atoms with Gasteiger partial charge in [0.25, 0.3) is 0 Å². The molecule has 0 radical (unpaired) electrons. The molecule has 0 aliphatic rings. The highest BCUT2D eigenvalue weighted by Gasteiger charge is 2.22. The molecular formula is C20H33BN6O6. The summed E-state index contributed by atoms with van der Waals surface area (Å²) in [6.07, 6.45) is -1.65. The summed E-state index contributed by atoms with van der Waals surface area (Å²) in [4.78, 5) is 30.5. The zero-order valence-electron chi connectivity index (χ0n) is 19.9. The highest BCUT2D eigenvalue weighted by Crippen LogP contribution is 2.08. The van der Waals surface area contributed by atoms with Crippen LogP contribution in [-0.4, -0.2) is 55.9 Å². The van der Waals surface area contributed by atoms with Gasteiger partial charge in [-0.1, -0.05) is 30.3 Å².